The zero-order valence-electron chi connectivity index (χ0n) is 16.4. The number of thiophene rings is 1. The maximum Gasteiger partial charge on any atom is 0.279 e. The van der Waals surface area contributed by atoms with Crippen LogP contribution in [0.15, 0.2) is 6.07 Å². The van der Waals surface area contributed by atoms with Gasteiger partial charge >= 0.3 is 0 Å². The van der Waals surface area contributed by atoms with Crippen LogP contribution in [-0.2, 0) is 24.2 Å². The Hall–Kier alpha value is -2.15. The number of carbonyl (C=O) groups is 2. The molecule has 0 aliphatic rings. The van der Waals surface area contributed by atoms with Crippen molar-refractivity contribution in [3.05, 3.63) is 38.3 Å². The molecule has 26 heavy (non-hydrogen) atoms. The second kappa shape index (κ2) is 8.49. The zero-order valence-corrected chi connectivity index (χ0v) is 17.2. The highest BCUT2D eigenvalue weighted by Gasteiger charge is 2.17. The molecule has 2 aromatic heterocycles. The summed E-state index contributed by atoms with van der Waals surface area (Å²) in [6.45, 7) is 13.0. The second-order valence-corrected chi connectivity index (χ2v) is 8.11. The molecule has 0 bridgehead atoms. The Morgan fingerprint density at radius 2 is 1.92 bits per heavy atom. The lowest BCUT2D eigenvalue weighted by atomic mass is 10.1. The van der Waals surface area contributed by atoms with Gasteiger partial charge in [0.05, 0.1) is 17.0 Å². The van der Waals surface area contributed by atoms with Crippen molar-refractivity contribution in [1.82, 2.24) is 20.6 Å². The van der Waals surface area contributed by atoms with Crippen LogP contribution in [0, 0.1) is 26.7 Å². The molecular weight excluding hydrogens is 348 g/mol. The number of aryl methyl sites for hydroxylation is 3. The topological polar surface area (TPSA) is 76.0 Å². The van der Waals surface area contributed by atoms with Crippen molar-refractivity contribution < 1.29 is 9.59 Å². The Morgan fingerprint density at radius 3 is 2.50 bits per heavy atom. The minimum Gasteiger partial charge on any atom is -0.273 e. The standard InChI is InChI=1S/C19H28N4O2S/c1-7-16-12(4)8-17(26-16)19(25)21-20-18(24)9-15-13(5)22-23(14(15)6)10-11(2)3/h8,11H,7,9-10H2,1-6H3,(H,20,24)(H,21,25). The number of hydrogen-bond acceptors (Lipinski definition) is 4. The molecule has 2 N–H and O–H groups in total. The highest BCUT2D eigenvalue weighted by Crippen LogP contribution is 2.22. The Balaban J connectivity index is 1.96. The van der Waals surface area contributed by atoms with Crippen LogP contribution in [0.4, 0.5) is 0 Å². The van der Waals surface area contributed by atoms with Crippen LogP contribution in [0.1, 0.15) is 57.8 Å². The lowest BCUT2D eigenvalue weighted by Gasteiger charge is -2.09. The van der Waals surface area contributed by atoms with Crippen molar-refractivity contribution in [2.24, 2.45) is 5.92 Å². The molecule has 0 aliphatic carbocycles. The molecule has 0 saturated heterocycles. The number of amides is 2. The molecular formula is C19H28N4O2S. The van der Waals surface area contributed by atoms with Crippen LogP contribution < -0.4 is 10.9 Å². The second-order valence-electron chi connectivity index (χ2n) is 6.97. The van der Waals surface area contributed by atoms with Crippen LogP contribution in [0.3, 0.4) is 0 Å². The summed E-state index contributed by atoms with van der Waals surface area (Å²) in [5.41, 5.74) is 8.89. The van der Waals surface area contributed by atoms with Gasteiger partial charge in [0.1, 0.15) is 0 Å². The Labute approximate surface area is 159 Å². The van der Waals surface area contributed by atoms with E-state index < -0.39 is 0 Å². The van der Waals surface area contributed by atoms with E-state index in [-0.39, 0.29) is 18.2 Å². The molecule has 2 amide bonds. The van der Waals surface area contributed by atoms with E-state index in [1.165, 1.54) is 16.2 Å². The van der Waals surface area contributed by atoms with Gasteiger partial charge in [-0.05, 0) is 44.7 Å². The highest BCUT2D eigenvalue weighted by atomic mass is 32.1. The number of carbonyl (C=O) groups excluding carboxylic acids is 2. The van der Waals surface area contributed by atoms with Gasteiger partial charge in [0, 0.05) is 22.7 Å². The maximum absolute atomic E-state index is 12.3. The van der Waals surface area contributed by atoms with Crippen LogP contribution in [0.2, 0.25) is 0 Å². The number of aromatic nitrogens is 2. The third-order valence-electron chi connectivity index (χ3n) is 4.29. The van der Waals surface area contributed by atoms with Gasteiger partial charge in [0.15, 0.2) is 0 Å². The van der Waals surface area contributed by atoms with E-state index in [9.17, 15) is 9.59 Å². The molecule has 0 spiro atoms. The molecule has 2 heterocycles. The van der Waals surface area contributed by atoms with Gasteiger partial charge < -0.3 is 0 Å². The molecule has 142 valence electrons. The average Bonchev–Trinajstić information content (AvgIpc) is 3.07. The van der Waals surface area contributed by atoms with Crippen molar-refractivity contribution in [1.29, 1.82) is 0 Å². The van der Waals surface area contributed by atoms with Gasteiger partial charge in [-0.3, -0.25) is 25.1 Å². The third kappa shape index (κ3) is 4.72. The summed E-state index contributed by atoms with van der Waals surface area (Å²) in [5, 5.41) is 4.52. The summed E-state index contributed by atoms with van der Waals surface area (Å²) >= 11 is 1.46. The first kappa shape index (κ1) is 20.2. The Morgan fingerprint density at radius 1 is 1.23 bits per heavy atom. The van der Waals surface area contributed by atoms with Gasteiger partial charge in [0.2, 0.25) is 5.91 Å². The van der Waals surface area contributed by atoms with Crippen molar-refractivity contribution in [3.8, 4) is 0 Å². The number of hydrazine groups is 1. The molecule has 0 atom stereocenters. The van der Waals surface area contributed by atoms with Gasteiger partial charge in [-0.1, -0.05) is 20.8 Å². The van der Waals surface area contributed by atoms with Gasteiger partial charge in [-0.25, -0.2) is 0 Å². The molecule has 2 rings (SSSR count). The number of nitrogens with zero attached hydrogens (tertiary/aromatic N) is 2. The minimum atomic E-state index is -0.282. The summed E-state index contributed by atoms with van der Waals surface area (Å²) in [4.78, 5) is 26.3. The summed E-state index contributed by atoms with van der Waals surface area (Å²) < 4.78 is 1.95. The average molecular weight is 377 g/mol. The molecule has 7 heteroatoms. The molecule has 0 aromatic carbocycles. The van der Waals surface area contributed by atoms with Crippen molar-refractivity contribution in [2.75, 3.05) is 0 Å². The van der Waals surface area contributed by atoms with Crippen LogP contribution >= 0.6 is 11.3 Å². The van der Waals surface area contributed by atoms with E-state index >= 15 is 0 Å². The fourth-order valence-corrected chi connectivity index (χ4v) is 3.90. The summed E-state index contributed by atoms with van der Waals surface area (Å²) in [5.74, 6) is -0.0519. The molecule has 0 unspecified atom stereocenters. The molecule has 0 aliphatic heterocycles. The highest BCUT2D eigenvalue weighted by molar-refractivity contribution is 7.14. The molecule has 2 aromatic rings. The SMILES string of the molecule is CCc1sc(C(=O)NNC(=O)Cc2c(C)nn(CC(C)C)c2C)cc1C. The lowest BCUT2D eigenvalue weighted by molar-refractivity contribution is -0.121. The van der Waals surface area contributed by atoms with E-state index in [0.29, 0.717) is 10.8 Å². The normalized spacial score (nSPS) is 11.0. The van der Waals surface area contributed by atoms with Crippen LogP contribution in [0.5, 0.6) is 0 Å². The smallest absolute Gasteiger partial charge is 0.273 e. The third-order valence-corrected chi connectivity index (χ3v) is 5.67. The minimum absolute atomic E-state index is 0.194. The summed E-state index contributed by atoms with van der Waals surface area (Å²) in [7, 11) is 0. The first-order valence-electron chi connectivity index (χ1n) is 8.94. The van der Waals surface area contributed by atoms with Gasteiger partial charge in [-0.2, -0.15) is 5.10 Å². The van der Waals surface area contributed by atoms with Crippen molar-refractivity contribution in [3.63, 3.8) is 0 Å². The molecule has 0 saturated carbocycles. The van der Waals surface area contributed by atoms with Gasteiger partial charge in [-0.15, -0.1) is 11.3 Å². The predicted molar refractivity (Wildman–Crippen MR) is 104 cm³/mol. The number of nitrogens with one attached hydrogen (secondary N) is 2. The zero-order chi connectivity index (χ0) is 19.4. The van der Waals surface area contributed by atoms with E-state index in [1.54, 1.807) is 0 Å². The van der Waals surface area contributed by atoms with E-state index in [2.05, 4.69) is 36.7 Å². The first-order chi connectivity index (χ1) is 12.2. The number of hydrogen-bond donors (Lipinski definition) is 2. The molecule has 0 radical (unpaired) electrons. The first-order valence-corrected chi connectivity index (χ1v) is 9.75. The lowest BCUT2D eigenvalue weighted by Crippen LogP contribution is -2.42. The van der Waals surface area contributed by atoms with E-state index in [1.807, 2.05) is 31.5 Å². The van der Waals surface area contributed by atoms with Crippen molar-refractivity contribution >= 4 is 23.2 Å². The summed E-state index contributed by atoms with van der Waals surface area (Å²) in [6.07, 6.45) is 1.09. The van der Waals surface area contributed by atoms with Crippen LogP contribution in [0.25, 0.3) is 0 Å². The maximum atomic E-state index is 12.3. The predicted octanol–water partition coefficient (Wildman–Crippen LogP) is 3.09. The largest absolute Gasteiger partial charge is 0.279 e. The fourth-order valence-electron chi connectivity index (χ4n) is 2.89. The molecule has 6 nitrogen and oxygen atoms in total. The van der Waals surface area contributed by atoms with E-state index in [4.69, 9.17) is 0 Å². The van der Waals surface area contributed by atoms with Crippen molar-refractivity contribution in [2.45, 2.75) is 60.9 Å². The Kier molecular flexibility index (Phi) is 6.58. The monoisotopic (exact) mass is 376 g/mol. The molecule has 0 fully saturated rings. The Bertz CT molecular complexity index is 805. The van der Waals surface area contributed by atoms with E-state index in [0.717, 1.165) is 35.5 Å². The quantitative estimate of drug-likeness (QED) is 0.761. The van der Waals surface area contributed by atoms with Crippen LogP contribution in [-0.4, -0.2) is 21.6 Å². The number of rotatable bonds is 6. The summed E-state index contributed by atoms with van der Waals surface area (Å²) in [6, 6.07) is 1.86. The van der Waals surface area contributed by atoms with Gasteiger partial charge in [0.25, 0.3) is 5.91 Å². The fraction of sp³-hybridized carbons (Fsp3) is 0.526.